The van der Waals surface area contributed by atoms with E-state index in [1.807, 2.05) is 0 Å². The minimum Gasteiger partial charge on any atom is -0.461 e. The zero-order valence-corrected chi connectivity index (χ0v) is 9.84. The van der Waals surface area contributed by atoms with E-state index in [1.54, 1.807) is 23.6 Å². The summed E-state index contributed by atoms with van der Waals surface area (Å²) in [6.45, 7) is 1.46. The molecule has 0 aliphatic heterocycles. The van der Waals surface area contributed by atoms with Crippen molar-refractivity contribution in [3.05, 3.63) is 42.1 Å². The van der Waals surface area contributed by atoms with Crippen molar-refractivity contribution in [1.82, 2.24) is 14.5 Å². The topological polar surface area (TPSA) is 57.0 Å². The minimum atomic E-state index is -0.561. The van der Waals surface area contributed by atoms with Crippen LogP contribution in [0.5, 0.6) is 0 Å². The lowest BCUT2D eigenvalue weighted by Gasteiger charge is -2.01. The van der Waals surface area contributed by atoms with Gasteiger partial charge < -0.3 is 4.74 Å². The third kappa shape index (κ3) is 2.53. The fraction of sp³-hybridized carbons (Fsp3) is 0.250. The Hall–Kier alpha value is -2.24. The molecule has 0 saturated carbocycles. The number of rotatable bonds is 4. The number of pyridine rings is 1. The van der Waals surface area contributed by atoms with Crippen molar-refractivity contribution < 1.29 is 13.9 Å². The summed E-state index contributed by atoms with van der Waals surface area (Å²) >= 11 is 0. The van der Waals surface area contributed by atoms with Gasteiger partial charge in [0.2, 0.25) is 0 Å². The van der Waals surface area contributed by atoms with Gasteiger partial charge in [-0.1, -0.05) is 0 Å². The van der Waals surface area contributed by atoms with Crippen LogP contribution < -0.4 is 0 Å². The molecule has 2 heterocycles. The molecule has 0 bridgehead atoms. The summed E-state index contributed by atoms with van der Waals surface area (Å²) in [4.78, 5) is 19.4. The van der Waals surface area contributed by atoms with Gasteiger partial charge in [-0.3, -0.25) is 4.57 Å². The number of imidazole rings is 1. The summed E-state index contributed by atoms with van der Waals surface area (Å²) < 4.78 is 18.9. The number of nitrogens with zero attached hydrogens (tertiary/aromatic N) is 3. The van der Waals surface area contributed by atoms with Crippen LogP contribution in [0.15, 0.2) is 30.9 Å². The van der Waals surface area contributed by atoms with E-state index in [4.69, 9.17) is 4.74 Å². The monoisotopic (exact) mass is 249 g/mol. The first-order chi connectivity index (χ1) is 8.74. The largest absolute Gasteiger partial charge is 0.461 e. The second-order valence-corrected chi connectivity index (χ2v) is 3.54. The van der Waals surface area contributed by atoms with Gasteiger partial charge in [0.1, 0.15) is 18.8 Å². The lowest BCUT2D eigenvalue weighted by Crippen LogP contribution is -2.04. The van der Waals surface area contributed by atoms with Crippen molar-refractivity contribution >= 4 is 5.97 Å². The molecule has 0 fully saturated rings. The molecule has 94 valence electrons. The van der Waals surface area contributed by atoms with Gasteiger partial charge in [-0.15, -0.1) is 0 Å². The van der Waals surface area contributed by atoms with Gasteiger partial charge in [0.25, 0.3) is 0 Å². The first kappa shape index (κ1) is 12.2. The molecule has 0 aliphatic carbocycles. The second kappa shape index (κ2) is 5.39. The van der Waals surface area contributed by atoms with E-state index in [1.165, 1.54) is 18.7 Å². The maximum atomic E-state index is 12.5. The first-order valence-electron chi connectivity index (χ1n) is 5.47. The highest BCUT2D eigenvalue weighted by molar-refractivity contribution is 5.87. The Morgan fingerprint density at radius 1 is 1.50 bits per heavy atom. The normalized spacial score (nSPS) is 10.3. The summed E-state index contributed by atoms with van der Waals surface area (Å²) in [6, 6.07) is 3.18. The van der Waals surface area contributed by atoms with Crippen LogP contribution in [0.3, 0.4) is 0 Å². The average Bonchev–Trinajstić information content (AvgIpc) is 2.89. The molecule has 0 N–H and O–H groups in total. The Morgan fingerprint density at radius 2 is 2.33 bits per heavy atom. The molecule has 0 aromatic carbocycles. The van der Waals surface area contributed by atoms with Crippen molar-refractivity contribution in [3.8, 4) is 5.82 Å². The zero-order valence-electron chi connectivity index (χ0n) is 9.84. The van der Waals surface area contributed by atoms with E-state index in [-0.39, 0.29) is 5.69 Å². The van der Waals surface area contributed by atoms with Crippen LogP contribution in [0.25, 0.3) is 5.82 Å². The molecule has 5 nitrogen and oxygen atoms in total. The highest BCUT2D eigenvalue weighted by Gasteiger charge is 2.11. The quantitative estimate of drug-likeness (QED) is 0.777. The fourth-order valence-corrected chi connectivity index (χ4v) is 1.44. The molecule has 18 heavy (non-hydrogen) atoms. The lowest BCUT2D eigenvalue weighted by atomic mass is 10.3. The molecule has 2 aromatic heterocycles. The van der Waals surface area contributed by atoms with Gasteiger partial charge in [0, 0.05) is 12.4 Å². The van der Waals surface area contributed by atoms with Crippen molar-refractivity contribution in [1.29, 1.82) is 0 Å². The Bertz CT molecular complexity index is 554. The number of esters is 1. The van der Waals surface area contributed by atoms with Crippen LogP contribution in [0, 0.1) is 0 Å². The van der Waals surface area contributed by atoms with E-state index < -0.39 is 12.6 Å². The molecule has 0 unspecified atom stereocenters. The van der Waals surface area contributed by atoms with Gasteiger partial charge in [-0.25, -0.2) is 19.2 Å². The van der Waals surface area contributed by atoms with Crippen LogP contribution in [0.4, 0.5) is 4.39 Å². The molecule has 0 saturated heterocycles. The van der Waals surface area contributed by atoms with Crippen LogP contribution in [-0.4, -0.2) is 27.1 Å². The minimum absolute atomic E-state index is 0.198. The average molecular weight is 249 g/mol. The number of ether oxygens (including phenoxy) is 1. The van der Waals surface area contributed by atoms with Gasteiger partial charge in [0.05, 0.1) is 6.61 Å². The SMILES string of the molecule is CCOC(=O)c1cn(-c2cc(CF)ccn2)cn1. The first-order valence-corrected chi connectivity index (χ1v) is 5.47. The van der Waals surface area contributed by atoms with Crippen LogP contribution in [0.2, 0.25) is 0 Å². The fourth-order valence-electron chi connectivity index (χ4n) is 1.44. The summed E-state index contributed by atoms with van der Waals surface area (Å²) in [5.74, 6) is 0.0195. The number of aromatic nitrogens is 3. The lowest BCUT2D eigenvalue weighted by molar-refractivity contribution is 0.0520. The van der Waals surface area contributed by atoms with Crippen LogP contribution in [0.1, 0.15) is 23.0 Å². The third-order valence-electron chi connectivity index (χ3n) is 2.30. The molecule has 6 heteroatoms. The Morgan fingerprint density at radius 3 is 3.06 bits per heavy atom. The van der Waals surface area contributed by atoms with Gasteiger partial charge >= 0.3 is 5.97 Å². The number of alkyl halides is 1. The third-order valence-corrected chi connectivity index (χ3v) is 2.30. The molecule has 0 amide bonds. The molecule has 2 aromatic rings. The number of hydrogen-bond donors (Lipinski definition) is 0. The van der Waals surface area contributed by atoms with E-state index in [0.717, 1.165) is 0 Å². The summed E-state index contributed by atoms with van der Waals surface area (Å²) in [6.07, 6.45) is 4.45. The molecule has 2 rings (SSSR count). The van der Waals surface area contributed by atoms with Crippen LogP contribution >= 0.6 is 0 Å². The maximum absolute atomic E-state index is 12.5. The number of carbonyl (C=O) groups is 1. The van der Waals surface area contributed by atoms with Gasteiger partial charge in [-0.05, 0) is 24.6 Å². The summed E-state index contributed by atoms with van der Waals surface area (Å²) in [5, 5.41) is 0. The smallest absolute Gasteiger partial charge is 0.358 e. The predicted molar refractivity (Wildman–Crippen MR) is 62.1 cm³/mol. The second-order valence-electron chi connectivity index (χ2n) is 3.54. The molecular weight excluding hydrogens is 237 g/mol. The van der Waals surface area contributed by atoms with E-state index in [2.05, 4.69) is 9.97 Å². The summed E-state index contributed by atoms with van der Waals surface area (Å²) in [7, 11) is 0. The number of carbonyl (C=O) groups excluding carboxylic acids is 1. The molecule has 0 spiro atoms. The predicted octanol–water partition coefficient (Wildman–Crippen LogP) is 1.91. The Kier molecular flexibility index (Phi) is 3.66. The van der Waals surface area contributed by atoms with Crippen molar-refractivity contribution in [2.45, 2.75) is 13.6 Å². The van der Waals surface area contributed by atoms with Gasteiger partial charge in [0.15, 0.2) is 5.69 Å². The molecule has 0 aliphatic rings. The van der Waals surface area contributed by atoms with Crippen molar-refractivity contribution in [3.63, 3.8) is 0 Å². The Labute approximate surface area is 103 Å². The van der Waals surface area contributed by atoms with Gasteiger partial charge in [-0.2, -0.15) is 0 Å². The van der Waals surface area contributed by atoms with Crippen molar-refractivity contribution in [2.24, 2.45) is 0 Å². The highest BCUT2D eigenvalue weighted by atomic mass is 19.1. The van der Waals surface area contributed by atoms with Crippen LogP contribution in [-0.2, 0) is 11.4 Å². The molecular formula is C12H12FN3O2. The Balaban J connectivity index is 2.26. The molecule has 0 radical (unpaired) electrons. The number of halogens is 1. The maximum Gasteiger partial charge on any atom is 0.358 e. The zero-order chi connectivity index (χ0) is 13.0. The van der Waals surface area contributed by atoms with Crippen molar-refractivity contribution in [2.75, 3.05) is 6.61 Å². The van der Waals surface area contributed by atoms with E-state index in [0.29, 0.717) is 18.0 Å². The van der Waals surface area contributed by atoms with E-state index in [9.17, 15) is 9.18 Å². The highest BCUT2D eigenvalue weighted by Crippen LogP contribution is 2.10. The van der Waals surface area contributed by atoms with E-state index >= 15 is 0 Å². The standard InChI is InChI=1S/C12H12FN3O2/c1-2-18-12(17)10-7-16(8-15-10)11-5-9(6-13)3-4-14-11/h3-5,7-8H,2,6H2,1H3. The molecule has 0 atom stereocenters. The number of hydrogen-bond acceptors (Lipinski definition) is 4. The summed E-state index contributed by atoms with van der Waals surface area (Å²) in [5.41, 5.74) is 0.718.